The standard InChI is InChI=1S/C16H16N2/c1-14-7-5-6-10-16(14)18-13-17-12-11-15-8-3-2-4-9-15/h2-10H,11-12H2,1H3. The molecule has 0 saturated heterocycles. The minimum Gasteiger partial charge on any atom is -0.225 e. The normalized spacial score (nSPS) is 9.61. The highest BCUT2D eigenvalue weighted by Crippen LogP contribution is 2.15. The molecule has 0 unspecified atom stereocenters. The maximum atomic E-state index is 4.22. The summed E-state index contributed by atoms with van der Waals surface area (Å²) in [5.41, 5.74) is 3.36. The van der Waals surface area contributed by atoms with E-state index in [4.69, 9.17) is 0 Å². The van der Waals surface area contributed by atoms with Crippen LogP contribution in [0, 0.1) is 6.92 Å². The summed E-state index contributed by atoms with van der Waals surface area (Å²) >= 11 is 0. The maximum absolute atomic E-state index is 4.22. The Labute approximate surface area is 108 Å². The Bertz CT molecular complexity index is 552. The Hall–Kier alpha value is -2.18. The molecule has 0 spiro atoms. The smallest absolute Gasteiger partial charge is 0.0949 e. The van der Waals surface area contributed by atoms with Crippen molar-refractivity contribution in [2.75, 3.05) is 6.54 Å². The van der Waals surface area contributed by atoms with Crippen LogP contribution in [0.15, 0.2) is 64.6 Å². The van der Waals surface area contributed by atoms with Crippen molar-refractivity contribution in [2.45, 2.75) is 13.3 Å². The fraction of sp³-hybridized carbons (Fsp3) is 0.188. The molecule has 2 aromatic carbocycles. The minimum absolute atomic E-state index is 0.722. The average molecular weight is 236 g/mol. The third kappa shape index (κ3) is 3.69. The molecule has 2 aromatic rings. The summed E-state index contributed by atoms with van der Waals surface area (Å²) in [6.07, 6.45) is 0.928. The van der Waals surface area contributed by atoms with E-state index in [2.05, 4.69) is 28.1 Å². The van der Waals surface area contributed by atoms with Crippen molar-refractivity contribution in [2.24, 2.45) is 9.98 Å². The Balaban J connectivity index is 1.90. The van der Waals surface area contributed by atoms with Gasteiger partial charge in [-0.3, -0.25) is 0 Å². The molecule has 18 heavy (non-hydrogen) atoms. The van der Waals surface area contributed by atoms with Gasteiger partial charge in [0.05, 0.1) is 18.2 Å². The summed E-state index contributed by atoms with van der Waals surface area (Å²) in [6.45, 7) is 2.75. The van der Waals surface area contributed by atoms with Crippen LogP contribution in [0.5, 0.6) is 0 Å². The van der Waals surface area contributed by atoms with Crippen molar-refractivity contribution < 1.29 is 0 Å². The molecule has 0 bridgehead atoms. The number of nitrogens with zero attached hydrogens (tertiary/aromatic N) is 2. The van der Waals surface area contributed by atoms with Gasteiger partial charge in [-0.1, -0.05) is 48.5 Å². The quantitative estimate of drug-likeness (QED) is 0.716. The fourth-order valence-electron chi connectivity index (χ4n) is 1.66. The molecular weight excluding hydrogens is 220 g/mol. The van der Waals surface area contributed by atoms with Crippen LogP contribution in [-0.4, -0.2) is 12.6 Å². The Kier molecular flexibility index (Phi) is 4.46. The molecule has 0 heterocycles. The molecule has 0 atom stereocenters. The molecule has 2 rings (SSSR count). The molecule has 0 amide bonds. The largest absolute Gasteiger partial charge is 0.225 e. The van der Waals surface area contributed by atoms with E-state index in [-0.39, 0.29) is 0 Å². The lowest BCUT2D eigenvalue weighted by Crippen LogP contribution is -1.87. The van der Waals surface area contributed by atoms with Gasteiger partial charge in [-0.2, -0.15) is 4.99 Å². The van der Waals surface area contributed by atoms with Crippen molar-refractivity contribution in [1.82, 2.24) is 0 Å². The third-order valence-electron chi connectivity index (χ3n) is 2.71. The topological polar surface area (TPSA) is 24.7 Å². The second-order valence-corrected chi connectivity index (χ2v) is 4.12. The summed E-state index contributed by atoms with van der Waals surface area (Å²) in [7, 11) is 0. The minimum atomic E-state index is 0.722. The van der Waals surface area contributed by atoms with Gasteiger partial charge in [-0.15, -0.1) is 0 Å². The number of aliphatic imine (C=N–C) groups is 2. The first-order valence-corrected chi connectivity index (χ1v) is 6.08. The number of rotatable bonds is 4. The lowest BCUT2D eigenvalue weighted by molar-refractivity contribution is 0.974. The third-order valence-corrected chi connectivity index (χ3v) is 2.71. The number of aryl methyl sites for hydroxylation is 1. The summed E-state index contributed by atoms with van der Waals surface area (Å²) < 4.78 is 0. The van der Waals surface area contributed by atoms with Crippen molar-refractivity contribution in [3.05, 3.63) is 65.7 Å². The fourth-order valence-corrected chi connectivity index (χ4v) is 1.66. The van der Waals surface area contributed by atoms with Crippen LogP contribution in [0.1, 0.15) is 11.1 Å². The first-order chi connectivity index (χ1) is 8.86. The van der Waals surface area contributed by atoms with Crippen LogP contribution in [0.4, 0.5) is 5.69 Å². The zero-order chi connectivity index (χ0) is 12.6. The van der Waals surface area contributed by atoms with Crippen LogP contribution in [0.2, 0.25) is 0 Å². The van der Waals surface area contributed by atoms with E-state index < -0.39 is 0 Å². The monoisotopic (exact) mass is 236 g/mol. The molecule has 0 aromatic heterocycles. The highest BCUT2D eigenvalue weighted by molar-refractivity contribution is 5.55. The molecule has 2 heteroatoms. The Morgan fingerprint density at radius 1 is 0.944 bits per heavy atom. The molecule has 90 valence electrons. The molecule has 0 fully saturated rings. The SMILES string of the molecule is Cc1ccccc1N=C=NCCc1ccccc1. The molecule has 0 aliphatic rings. The van der Waals surface area contributed by atoms with Gasteiger partial charge in [0.1, 0.15) is 0 Å². The molecule has 0 aliphatic carbocycles. The van der Waals surface area contributed by atoms with Gasteiger partial charge in [0.25, 0.3) is 0 Å². The van der Waals surface area contributed by atoms with E-state index in [1.54, 1.807) is 0 Å². The number of benzene rings is 2. The predicted molar refractivity (Wildman–Crippen MR) is 75.7 cm³/mol. The Morgan fingerprint density at radius 2 is 1.67 bits per heavy atom. The van der Waals surface area contributed by atoms with E-state index in [0.717, 1.165) is 24.2 Å². The van der Waals surface area contributed by atoms with Gasteiger partial charge in [0.15, 0.2) is 0 Å². The van der Waals surface area contributed by atoms with E-state index in [0.29, 0.717) is 0 Å². The summed E-state index contributed by atoms with van der Waals surface area (Å²) in [4.78, 5) is 8.41. The van der Waals surface area contributed by atoms with Gasteiger partial charge >= 0.3 is 0 Å². The molecule has 0 saturated carbocycles. The summed E-state index contributed by atoms with van der Waals surface area (Å²) in [5.74, 6) is 0. The van der Waals surface area contributed by atoms with Gasteiger partial charge in [-0.25, -0.2) is 4.99 Å². The van der Waals surface area contributed by atoms with Gasteiger partial charge in [0.2, 0.25) is 0 Å². The second-order valence-electron chi connectivity index (χ2n) is 4.12. The second kappa shape index (κ2) is 6.53. The Morgan fingerprint density at radius 3 is 2.44 bits per heavy atom. The van der Waals surface area contributed by atoms with Crippen LogP contribution >= 0.6 is 0 Å². The number of hydrogen-bond acceptors (Lipinski definition) is 2. The highest BCUT2D eigenvalue weighted by Gasteiger charge is 1.91. The zero-order valence-electron chi connectivity index (χ0n) is 10.5. The summed E-state index contributed by atoms with van der Waals surface area (Å²) in [6, 6.07) is 21.0. The number of para-hydroxylation sites is 1. The first kappa shape index (κ1) is 12.3. The molecule has 2 nitrogen and oxygen atoms in total. The highest BCUT2D eigenvalue weighted by atomic mass is 14.8. The van der Waals surface area contributed by atoms with E-state index in [1.165, 1.54) is 5.56 Å². The lowest BCUT2D eigenvalue weighted by Gasteiger charge is -1.95. The van der Waals surface area contributed by atoms with Crippen LogP contribution in [0.3, 0.4) is 0 Å². The molecular formula is C16H16N2. The molecule has 0 aliphatic heterocycles. The predicted octanol–water partition coefficient (Wildman–Crippen LogP) is 4.04. The van der Waals surface area contributed by atoms with Gasteiger partial charge in [-0.05, 0) is 30.5 Å². The van der Waals surface area contributed by atoms with E-state index >= 15 is 0 Å². The lowest BCUT2D eigenvalue weighted by atomic mass is 10.2. The van der Waals surface area contributed by atoms with Crippen molar-refractivity contribution in [3.8, 4) is 0 Å². The molecule has 0 radical (unpaired) electrons. The van der Waals surface area contributed by atoms with E-state index in [1.807, 2.05) is 49.4 Å². The van der Waals surface area contributed by atoms with Gasteiger partial charge in [0, 0.05) is 0 Å². The van der Waals surface area contributed by atoms with Crippen LogP contribution in [0.25, 0.3) is 0 Å². The maximum Gasteiger partial charge on any atom is 0.0949 e. The van der Waals surface area contributed by atoms with Crippen molar-refractivity contribution >= 4 is 11.7 Å². The van der Waals surface area contributed by atoms with Gasteiger partial charge < -0.3 is 0 Å². The molecule has 0 N–H and O–H groups in total. The summed E-state index contributed by atoms with van der Waals surface area (Å²) in [5, 5.41) is 0. The van der Waals surface area contributed by atoms with Crippen molar-refractivity contribution in [1.29, 1.82) is 0 Å². The number of hydrogen-bond donors (Lipinski definition) is 0. The van der Waals surface area contributed by atoms with Crippen molar-refractivity contribution in [3.63, 3.8) is 0 Å². The van der Waals surface area contributed by atoms with E-state index in [9.17, 15) is 0 Å². The average Bonchev–Trinajstić information content (AvgIpc) is 2.42. The van der Waals surface area contributed by atoms with Crippen LogP contribution < -0.4 is 0 Å². The first-order valence-electron chi connectivity index (χ1n) is 6.08. The van der Waals surface area contributed by atoms with Crippen LogP contribution in [-0.2, 0) is 6.42 Å². The zero-order valence-corrected chi connectivity index (χ0v) is 10.5.